The van der Waals surface area contributed by atoms with Crippen molar-refractivity contribution in [2.24, 2.45) is 0 Å². The molecule has 0 aromatic carbocycles. The molecule has 8 nitrogen and oxygen atoms in total. The maximum absolute atomic E-state index is 12.8. The smallest absolute Gasteiger partial charge is 0.247 e. The van der Waals surface area contributed by atoms with Gasteiger partial charge in [0.1, 0.15) is 22.9 Å². The van der Waals surface area contributed by atoms with Crippen molar-refractivity contribution in [3.8, 4) is 0 Å². The van der Waals surface area contributed by atoms with E-state index in [1.807, 2.05) is 11.5 Å². The van der Waals surface area contributed by atoms with E-state index in [2.05, 4.69) is 20.5 Å². The molecule has 0 bridgehead atoms. The first-order chi connectivity index (χ1) is 10.1. The van der Waals surface area contributed by atoms with Crippen LogP contribution >= 0.6 is 0 Å². The zero-order valence-corrected chi connectivity index (χ0v) is 12.4. The van der Waals surface area contributed by atoms with Gasteiger partial charge in [-0.1, -0.05) is 0 Å². The molecule has 9 heteroatoms. The minimum absolute atomic E-state index is 0.194. The molecule has 0 fully saturated rings. The highest BCUT2D eigenvalue weighted by atomic mass is 32.2. The van der Waals surface area contributed by atoms with Gasteiger partial charge < -0.3 is 9.88 Å². The average Bonchev–Trinajstić information content (AvgIpc) is 2.95. The molecule has 21 heavy (non-hydrogen) atoms. The molecule has 1 aliphatic heterocycles. The van der Waals surface area contributed by atoms with E-state index in [1.165, 1.54) is 4.31 Å². The molecule has 0 spiro atoms. The van der Waals surface area contributed by atoms with Gasteiger partial charge >= 0.3 is 0 Å². The second kappa shape index (κ2) is 5.41. The second-order valence-electron chi connectivity index (χ2n) is 4.66. The van der Waals surface area contributed by atoms with Crippen LogP contribution in [0.2, 0.25) is 0 Å². The molecule has 112 valence electrons. The van der Waals surface area contributed by atoms with Gasteiger partial charge in [-0.15, -0.1) is 10.2 Å². The van der Waals surface area contributed by atoms with E-state index in [1.54, 1.807) is 24.7 Å². The summed E-state index contributed by atoms with van der Waals surface area (Å²) in [5.74, 6) is 1.03. The molecule has 0 atom stereocenters. The van der Waals surface area contributed by atoms with E-state index in [0.29, 0.717) is 31.3 Å². The number of fused-ring (bicyclic) bond motifs is 1. The minimum Gasteiger partial charge on any atom is -0.369 e. The molecule has 0 aliphatic carbocycles. The third kappa shape index (κ3) is 2.49. The zero-order chi connectivity index (χ0) is 14.9. The lowest BCUT2D eigenvalue weighted by Gasteiger charge is -2.26. The van der Waals surface area contributed by atoms with E-state index < -0.39 is 10.0 Å². The summed E-state index contributed by atoms with van der Waals surface area (Å²) >= 11 is 0. The van der Waals surface area contributed by atoms with Crippen molar-refractivity contribution < 1.29 is 8.42 Å². The summed E-state index contributed by atoms with van der Waals surface area (Å²) in [4.78, 5) is 4.31. The Labute approximate surface area is 122 Å². The van der Waals surface area contributed by atoms with E-state index in [4.69, 9.17) is 0 Å². The lowest BCUT2D eigenvalue weighted by molar-refractivity contribution is 0.335. The highest BCUT2D eigenvalue weighted by Crippen LogP contribution is 2.25. The van der Waals surface area contributed by atoms with Crippen LogP contribution in [-0.4, -0.2) is 45.6 Å². The molecule has 0 saturated carbocycles. The lowest BCUT2D eigenvalue weighted by Crippen LogP contribution is -2.38. The Morgan fingerprint density at radius 3 is 3.05 bits per heavy atom. The highest BCUT2D eigenvalue weighted by molar-refractivity contribution is 7.89. The molecule has 0 amide bonds. The first kappa shape index (κ1) is 14.0. The van der Waals surface area contributed by atoms with Crippen molar-refractivity contribution in [1.29, 1.82) is 0 Å². The predicted octanol–water partition coefficient (Wildman–Crippen LogP) is 0.309. The van der Waals surface area contributed by atoms with E-state index in [0.717, 1.165) is 0 Å². The number of rotatable bonds is 4. The van der Waals surface area contributed by atoms with Crippen LogP contribution in [0.25, 0.3) is 0 Å². The number of nitrogens with one attached hydrogen (secondary N) is 1. The summed E-state index contributed by atoms with van der Waals surface area (Å²) in [5, 5.41) is 10.7. The molecule has 2 aromatic heterocycles. The number of hydrogen-bond donors (Lipinski definition) is 1. The van der Waals surface area contributed by atoms with Crippen molar-refractivity contribution in [2.75, 3.05) is 18.4 Å². The third-order valence-corrected chi connectivity index (χ3v) is 5.21. The van der Waals surface area contributed by atoms with Crippen LogP contribution in [-0.2, 0) is 23.1 Å². The Bertz CT molecular complexity index is 742. The Balaban J connectivity index is 1.95. The minimum atomic E-state index is -3.61. The van der Waals surface area contributed by atoms with Crippen LogP contribution in [0.15, 0.2) is 29.6 Å². The standard InChI is InChI=1S/C12H16N6O2S/c1-2-13-12-10(4-3-5-14-12)21(19,20)18-7-6-17-9-15-16-11(17)8-18/h3-5,9H,2,6-8H2,1H3,(H,13,14). The highest BCUT2D eigenvalue weighted by Gasteiger charge is 2.31. The molecule has 3 rings (SSSR count). The SMILES string of the molecule is CCNc1ncccc1S(=O)(=O)N1CCn2cnnc2C1. The Morgan fingerprint density at radius 2 is 2.24 bits per heavy atom. The molecule has 0 radical (unpaired) electrons. The molecule has 1 aliphatic rings. The van der Waals surface area contributed by atoms with Gasteiger partial charge in [0.05, 0.1) is 6.54 Å². The number of sulfonamides is 1. The van der Waals surface area contributed by atoms with Crippen LogP contribution < -0.4 is 5.32 Å². The maximum Gasteiger partial charge on any atom is 0.247 e. The largest absolute Gasteiger partial charge is 0.369 e. The lowest BCUT2D eigenvalue weighted by atomic mass is 10.4. The van der Waals surface area contributed by atoms with Gasteiger partial charge in [0.15, 0.2) is 0 Å². The number of anilines is 1. The van der Waals surface area contributed by atoms with Crippen molar-refractivity contribution >= 4 is 15.8 Å². The first-order valence-electron chi connectivity index (χ1n) is 6.68. The summed E-state index contributed by atoms with van der Waals surface area (Å²) in [5.41, 5.74) is 0. The summed E-state index contributed by atoms with van der Waals surface area (Å²) in [7, 11) is -3.61. The normalized spacial score (nSPS) is 15.7. The Hall–Kier alpha value is -2.00. The molecular weight excluding hydrogens is 292 g/mol. The van der Waals surface area contributed by atoms with Crippen molar-refractivity contribution in [3.05, 3.63) is 30.5 Å². The van der Waals surface area contributed by atoms with E-state index in [9.17, 15) is 8.42 Å². The zero-order valence-electron chi connectivity index (χ0n) is 11.6. The summed E-state index contributed by atoms with van der Waals surface area (Å²) in [6.45, 7) is 3.68. The molecule has 0 unspecified atom stereocenters. The molecule has 3 heterocycles. The number of pyridine rings is 1. The molecule has 0 saturated heterocycles. The Kier molecular flexibility index (Phi) is 3.60. The predicted molar refractivity (Wildman–Crippen MR) is 76.0 cm³/mol. The second-order valence-corrected chi connectivity index (χ2v) is 6.57. The summed E-state index contributed by atoms with van der Waals surface area (Å²) < 4.78 is 28.9. The first-order valence-corrected chi connectivity index (χ1v) is 8.12. The molecular formula is C12H16N6O2S. The van der Waals surface area contributed by atoms with Crippen LogP contribution in [0.4, 0.5) is 5.82 Å². The van der Waals surface area contributed by atoms with Crippen LogP contribution in [0.1, 0.15) is 12.7 Å². The Morgan fingerprint density at radius 1 is 1.38 bits per heavy atom. The topological polar surface area (TPSA) is 93.0 Å². The molecule has 2 aromatic rings. The van der Waals surface area contributed by atoms with Gasteiger partial charge in [-0.25, -0.2) is 13.4 Å². The number of aromatic nitrogens is 4. The van der Waals surface area contributed by atoms with Crippen molar-refractivity contribution in [1.82, 2.24) is 24.1 Å². The van der Waals surface area contributed by atoms with Crippen molar-refractivity contribution in [3.63, 3.8) is 0 Å². The van der Waals surface area contributed by atoms with E-state index in [-0.39, 0.29) is 11.4 Å². The number of hydrogen-bond acceptors (Lipinski definition) is 6. The van der Waals surface area contributed by atoms with Gasteiger partial charge in [-0.3, -0.25) is 0 Å². The van der Waals surface area contributed by atoms with Gasteiger partial charge in [0.2, 0.25) is 10.0 Å². The molecule has 1 N–H and O–H groups in total. The third-order valence-electron chi connectivity index (χ3n) is 3.34. The van der Waals surface area contributed by atoms with Gasteiger partial charge in [0, 0.05) is 25.8 Å². The van der Waals surface area contributed by atoms with Gasteiger partial charge in [0.25, 0.3) is 0 Å². The van der Waals surface area contributed by atoms with Gasteiger partial charge in [-0.2, -0.15) is 4.31 Å². The maximum atomic E-state index is 12.8. The monoisotopic (exact) mass is 308 g/mol. The fourth-order valence-corrected chi connectivity index (χ4v) is 3.79. The number of nitrogens with zero attached hydrogens (tertiary/aromatic N) is 5. The fraction of sp³-hybridized carbons (Fsp3) is 0.417. The average molecular weight is 308 g/mol. The van der Waals surface area contributed by atoms with Crippen LogP contribution in [0.3, 0.4) is 0 Å². The fourth-order valence-electron chi connectivity index (χ4n) is 2.29. The van der Waals surface area contributed by atoms with Crippen molar-refractivity contribution in [2.45, 2.75) is 24.9 Å². The summed E-state index contributed by atoms with van der Waals surface area (Å²) in [6.07, 6.45) is 3.19. The summed E-state index contributed by atoms with van der Waals surface area (Å²) in [6, 6.07) is 3.19. The van der Waals surface area contributed by atoms with Crippen LogP contribution in [0, 0.1) is 0 Å². The quantitative estimate of drug-likeness (QED) is 0.874. The van der Waals surface area contributed by atoms with E-state index >= 15 is 0 Å². The van der Waals surface area contributed by atoms with Gasteiger partial charge in [-0.05, 0) is 19.1 Å². The van der Waals surface area contributed by atoms with Crippen LogP contribution in [0.5, 0.6) is 0 Å².